The number of aromatic nitrogens is 5. The van der Waals surface area contributed by atoms with Gasteiger partial charge >= 0.3 is 0 Å². The molecule has 58 heavy (non-hydrogen) atoms. The third kappa shape index (κ3) is 5.30. The molecule has 8 aromatic carbocycles. The molecule has 0 amide bonds. The van der Waals surface area contributed by atoms with Crippen LogP contribution in [0.1, 0.15) is 5.56 Å². The van der Waals surface area contributed by atoms with Gasteiger partial charge in [0.2, 0.25) is 0 Å². The van der Waals surface area contributed by atoms with Gasteiger partial charge in [-0.25, -0.2) is 15.0 Å². The summed E-state index contributed by atoms with van der Waals surface area (Å²) in [6.07, 6.45) is 0. The van der Waals surface area contributed by atoms with Gasteiger partial charge in [-0.15, -0.1) is 0 Å². The van der Waals surface area contributed by atoms with Crippen molar-refractivity contribution in [2.24, 2.45) is 0 Å². The highest BCUT2D eigenvalue weighted by Gasteiger charge is 2.22. The molecular weight excluding hydrogens is 709 g/mol. The predicted molar refractivity (Wildman–Crippen MR) is 235 cm³/mol. The first-order valence-electron chi connectivity index (χ1n) is 19.3. The molecule has 0 bridgehead atoms. The second-order valence-electron chi connectivity index (χ2n) is 14.3. The van der Waals surface area contributed by atoms with Crippen molar-refractivity contribution in [3.05, 3.63) is 200 Å². The monoisotopic (exact) mass is 740 g/mol. The third-order valence-electron chi connectivity index (χ3n) is 11.0. The van der Waals surface area contributed by atoms with E-state index in [9.17, 15) is 5.26 Å². The Balaban J connectivity index is 1.20. The molecule has 6 nitrogen and oxygen atoms in total. The fraction of sp³-hybridized carbons (Fsp3) is 0. The van der Waals surface area contributed by atoms with Crippen molar-refractivity contribution in [2.45, 2.75) is 0 Å². The molecular formula is C52H32N6. The summed E-state index contributed by atoms with van der Waals surface area (Å²) in [7, 11) is 0. The van der Waals surface area contributed by atoms with E-state index in [0.717, 1.165) is 82.8 Å². The smallest absolute Gasteiger partial charge is 0.166 e. The summed E-state index contributed by atoms with van der Waals surface area (Å²) in [5.74, 6) is 1.73. The summed E-state index contributed by atoms with van der Waals surface area (Å²) < 4.78 is 4.52. The summed E-state index contributed by atoms with van der Waals surface area (Å²) >= 11 is 0. The lowest BCUT2D eigenvalue weighted by atomic mass is 9.96. The van der Waals surface area contributed by atoms with Crippen molar-refractivity contribution in [1.82, 2.24) is 24.1 Å². The van der Waals surface area contributed by atoms with E-state index in [2.05, 4.69) is 130 Å². The summed E-state index contributed by atoms with van der Waals surface area (Å²) in [4.78, 5) is 15.4. The van der Waals surface area contributed by atoms with Gasteiger partial charge in [-0.3, -0.25) is 0 Å². The van der Waals surface area contributed by atoms with Crippen LogP contribution < -0.4 is 0 Å². The third-order valence-corrected chi connectivity index (χ3v) is 11.0. The van der Waals surface area contributed by atoms with Crippen LogP contribution in [0.15, 0.2) is 194 Å². The van der Waals surface area contributed by atoms with Crippen LogP contribution in [0.4, 0.5) is 0 Å². The van der Waals surface area contributed by atoms with Gasteiger partial charge in [0.15, 0.2) is 17.5 Å². The number of nitrogens with zero attached hydrogens (tertiary/aromatic N) is 6. The van der Waals surface area contributed by atoms with Crippen LogP contribution in [0.2, 0.25) is 0 Å². The number of para-hydroxylation sites is 4. The predicted octanol–water partition coefficient (Wildman–Crippen LogP) is 12.6. The second kappa shape index (κ2) is 13.6. The van der Waals surface area contributed by atoms with E-state index in [4.69, 9.17) is 15.0 Å². The fourth-order valence-corrected chi connectivity index (χ4v) is 8.45. The van der Waals surface area contributed by atoms with Crippen LogP contribution in [-0.2, 0) is 0 Å². The summed E-state index contributed by atoms with van der Waals surface area (Å²) in [5.41, 5.74) is 10.9. The van der Waals surface area contributed by atoms with Crippen LogP contribution in [0.3, 0.4) is 0 Å². The first kappa shape index (κ1) is 33.2. The lowest BCUT2D eigenvalue weighted by molar-refractivity contribution is 1.06. The number of hydrogen-bond donors (Lipinski definition) is 0. The van der Waals surface area contributed by atoms with Gasteiger partial charge in [0.1, 0.15) is 6.07 Å². The normalized spacial score (nSPS) is 11.4. The number of benzene rings is 8. The Kier molecular flexibility index (Phi) is 7.76. The molecule has 0 aliphatic rings. The maximum absolute atomic E-state index is 11.1. The zero-order valence-corrected chi connectivity index (χ0v) is 31.2. The van der Waals surface area contributed by atoms with E-state index in [-0.39, 0.29) is 0 Å². The molecule has 0 atom stereocenters. The Bertz CT molecular complexity index is 3240. The molecule has 0 unspecified atom stereocenters. The molecule has 0 saturated heterocycles. The van der Waals surface area contributed by atoms with Crippen molar-refractivity contribution in [2.75, 3.05) is 0 Å². The maximum atomic E-state index is 11.1. The topological polar surface area (TPSA) is 72.3 Å². The van der Waals surface area contributed by atoms with Crippen LogP contribution in [0, 0.1) is 11.3 Å². The summed E-state index contributed by atoms with van der Waals surface area (Å²) in [6.45, 7) is 0. The van der Waals surface area contributed by atoms with Crippen molar-refractivity contribution in [3.63, 3.8) is 0 Å². The van der Waals surface area contributed by atoms with E-state index in [1.807, 2.05) is 78.9 Å². The Hall–Kier alpha value is -8.14. The second-order valence-corrected chi connectivity index (χ2v) is 14.3. The maximum Gasteiger partial charge on any atom is 0.166 e. The molecule has 270 valence electrons. The van der Waals surface area contributed by atoms with Crippen molar-refractivity contribution >= 4 is 43.6 Å². The molecule has 0 saturated carbocycles. The lowest BCUT2D eigenvalue weighted by Crippen LogP contribution is -2.04. The highest BCUT2D eigenvalue weighted by molar-refractivity contribution is 6.11. The number of fused-ring (bicyclic) bond motifs is 6. The average Bonchev–Trinajstić information content (AvgIpc) is 3.82. The van der Waals surface area contributed by atoms with E-state index in [0.29, 0.717) is 23.0 Å². The van der Waals surface area contributed by atoms with Crippen molar-refractivity contribution in [3.8, 4) is 62.7 Å². The molecule has 3 heterocycles. The van der Waals surface area contributed by atoms with Crippen LogP contribution in [0.5, 0.6) is 0 Å². The SMILES string of the molecule is N#Cc1c(-c2ccc(-c3nc(-c4ccccc4)nc(-c4ccccc4)n3)c(-n3c4ccccc4c4ccccc43)c2)cccc1-n1c2ccccc2c2ccccc21. The van der Waals surface area contributed by atoms with Crippen LogP contribution >= 0.6 is 0 Å². The molecule has 6 heteroatoms. The minimum absolute atomic E-state index is 0.552. The van der Waals surface area contributed by atoms with Crippen LogP contribution in [-0.4, -0.2) is 24.1 Å². The van der Waals surface area contributed by atoms with Crippen LogP contribution in [0.25, 0.3) is 100 Å². The Morgan fingerprint density at radius 2 is 0.776 bits per heavy atom. The lowest BCUT2D eigenvalue weighted by Gasteiger charge is -2.18. The first-order chi connectivity index (χ1) is 28.7. The Labute approximate surface area is 334 Å². The molecule has 0 fully saturated rings. The Morgan fingerprint density at radius 1 is 0.345 bits per heavy atom. The molecule has 11 rings (SSSR count). The minimum atomic E-state index is 0.552. The molecule has 3 aromatic heterocycles. The first-order valence-corrected chi connectivity index (χ1v) is 19.3. The molecule has 0 aliphatic heterocycles. The van der Waals surface area contributed by atoms with Gasteiger partial charge in [-0.05, 0) is 48.0 Å². The molecule has 0 spiro atoms. The highest BCUT2D eigenvalue weighted by atomic mass is 15.1. The van der Waals surface area contributed by atoms with Gasteiger partial charge in [0, 0.05) is 43.8 Å². The quantitative estimate of drug-likeness (QED) is 0.170. The van der Waals surface area contributed by atoms with Crippen molar-refractivity contribution < 1.29 is 0 Å². The summed E-state index contributed by atoms with van der Waals surface area (Å²) in [6, 6.07) is 69.0. The number of hydrogen-bond acceptors (Lipinski definition) is 4. The van der Waals surface area contributed by atoms with Gasteiger partial charge in [0.25, 0.3) is 0 Å². The van der Waals surface area contributed by atoms with Gasteiger partial charge in [0.05, 0.1) is 39.0 Å². The average molecular weight is 741 g/mol. The van der Waals surface area contributed by atoms with E-state index >= 15 is 0 Å². The standard InChI is InChI=1S/C52H32N6/c53-33-43-37(24-15-29-48(43)57-44-25-11-7-20-38(44)39-21-8-12-26-45(39)57)36-30-31-42(49(32-36)58-46-27-13-9-22-40(46)41-23-10-14-28-47(41)58)52-55-50(34-16-3-1-4-17-34)54-51(56-52)35-18-5-2-6-19-35/h1-32H. The zero-order valence-electron chi connectivity index (χ0n) is 31.2. The van der Waals surface area contributed by atoms with E-state index < -0.39 is 0 Å². The minimum Gasteiger partial charge on any atom is -0.308 e. The summed E-state index contributed by atoms with van der Waals surface area (Å²) in [5, 5.41) is 15.6. The number of rotatable bonds is 6. The van der Waals surface area contributed by atoms with Gasteiger partial charge in [-0.1, -0.05) is 152 Å². The van der Waals surface area contributed by atoms with Gasteiger partial charge in [-0.2, -0.15) is 5.26 Å². The largest absolute Gasteiger partial charge is 0.308 e. The molecule has 0 N–H and O–H groups in total. The van der Waals surface area contributed by atoms with Crippen molar-refractivity contribution in [1.29, 1.82) is 5.26 Å². The molecule has 0 aliphatic carbocycles. The molecule has 11 aromatic rings. The zero-order chi connectivity index (χ0) is 38.6. The molecule has 0 radical (unpaired) electrons. The fourth-order valence-electron chi connectivity index (χ4n) is 8.45. The Morgan fingerprint density at radius 3 is 1.26 bits per heavy atom. The van der Waals surface area contributed by atoms with Gasteiger partial charge < -0.3 is 9.13 Å². The van der Waals surface area contributed by atoms with E-state index in [1.165, 1.54) is 0 Å². The highest BCUT2D eigenvalue weighted by Crippen LogP contribution is 2.40. The number of nitriles is 1. The van der Waals surface area contributed by atoms with E-state index in [1.54, 1.807) is 0 Å².